The van der Waals surface area contributed by atoms with Gasteiger partial charge in [0.15, 0.2) is 0 Å². The van der Waals surface area contributed by atoms with Crippen LogP contribution in [0, 0.1) is 6.92 Å². The second-order valence-electron chi connectivity index (χ2n) is 7.47. The van der Waals surface area contributed by atoms with Crippen LogP contribution in [0.15, 0.2) is 36.8 Å². The molecule has 0 spiro atoms. The maximum Gasteiger partial charge on any atom is 0.143 e. The van der Waals surface area contributed by atoms with Crippen LogP contribution in [-0.4, -0.2) is 40.1 Å². The third kappa shape index (κ3) is 3.93. The van der Waals surface area contributed by atoms with Gasteiger partial charge in [-0.05, 0) is 43.0 Å². The van der Waals surface area contributed by atoms with Gasteiger partial charge in [0.2, 0.25) is 0 Å². The highest BCUT2D eigenvalue weighted by molar-refractivity contribution is 6.30. The Hall–Kier alpha value is -2.15. The Labute approximate surface area is 164 Å². The minimum absolute atomic E-state index is 0.192. The van der Waals surface area contributed by atoms with Crippen LogP contribution < -0.4 is 16.0 Å². The summed E-state index contributed by atoms with van der Waals surface area (Å²) >= 11 is 5.94. The molecule has 6 nitrogen and oxygen atoms in total. The molecule has 7 heteroatoms. The molecule has 2 aromatic heterocycles. The molecule has 0 bridgehead atoms. The van der Waals surface area contributed by atoms with Gasteiger partial charge in [-0.25, -0.2) is 9.97 Å². The highest BCUT2D eigenvalue weighted by Gasteiger charge is 2.31. The highest BCUT2D eigenvalue weighted by Crippen LogP contribution is 2.29. The molecule has 1 aromatic carbocycles. The first-order valence-corrected chi connectivity index (χ1v) is 9.70. The summed E-state index contributed by atoms with van der Waals surface area (Å²) in [6.45, 7) is 5.48. The summed E-state index contributed by atoms with van der Waals surface area (Å²) in [7, 11) is 0. The van der Waals surface area contributed by atoms with Crippen LogP contribution in [0.3, 0.4) is 0 Å². The molecule has 0 saturated carbocycles. The molecule has 1 aliphatic heterocycles. The lowest BCUT2D eigenvalue weighted by Crippen LogP contribution is -2.56. The van der Waals surface area contributed by atoms with Crippen molar-refractivity contribution < 1.29 is 0 Å². The predicted molar refractivity (Wildman–Crippen MR) is 110 cm³/mol. The summed E-state index contributed by atoms with van der Waals surface area (Å²) in [5.41, 5.74) is 9.75. The molecule has 3 aromatic rings. The van der Waals surface area contributed by atoms with Crippen LogP contribution >= 0.6 is 11.6 Å². The quantitative estimate of drug-likeness (QED) is 0.629. The smallest absolute Gasteiger partial charge is 0.143 e. The first-order chi connectivity index (χ1) is 13.0. The Morgan fingerprint density at radius 2 is 1.96 bits per heavy atom. The number of anilines is 1. The van der Waals surface area contributed by atoms with Gasteiger partial charge in [0, 0.05) is 42.9 Å². The van der Waals surface area contributed by atoms with E-state index in [1.54, 1.807) is 6.33 Å². The number of nitrogens with two attached hydrogens (primary N) is 1. The summed E-state index contributed by atoms with van der Waals surface area (Å²) in [5.74, 6) is 1.01. The van der Waals surface area contributed by atoms with E-state index in [9.17, 15) is 0 Å². The second-order valence-corrected chi connectivity index (χ2v) is 7.91. The van der Waals surface area contributed by atoms with E-state index in [1.807, 2.05) is 30.5 Å². The first kappa shape index (κ1) is 18.2. The van der Waals surface area contributed by atoms with Crippen LogP contribution in [0.2, 0.25) is 5.02 Å². The van der Waals surface area contributed by atoms with Crippen molar-refractivity contribution in [2.24, 2.45) is 5.73 Å². The molecule has 1 aliphatic rings. The van der Waals surface area contributed by atoms with Crippen molar-refractivity contribution >= 4 is 28.5 Å². The molecular formula is C20H25ClN6. The van der Waals surface area contributed by atoms with E-state index >= 15 is 0 Å². The summed E-state index contributed by atoms with van der Waals surface area (Å²) in [6, 6.07) is 7.92. The Morgan fingerprint density at radius 3 is 2.70 bits per heavy atom. The minimum atomic E-state index is -0.192. The summed E-state index contributed by atoms with van der Waals surface area (Å²) in [5, 5.41) is 5.38. The fourth-order valence-corrected chi connectivity index (χ4v) is 3.86. The Kier molecular flexibility index (Phi) is 5.04. The summed E-state index contributed by atoms with van der Waals surface area (Å²) in [4.78, 5) is 14.4. The second kappa shape index (κ2) is 7.46. The van der Waals surface area contributed by atoms with Gasteiger partial charge in [-0.1, -0.05) is 23.7 Å². The molecule has 1 saturated heterocycles. The van der Waals surface area contributed by atoms with E-state index in [0.29, 0.717) is 0 Å². The number of nitrogens with zero attached hydrogens (tertiary/aromatic N) is 3. The van der Waals surface area contributed by atoms with Crippen molar-refractivity contribution in [3.05, 3.63) is 52.9 Å². The van der Waals surface area contributed by atoms with Crippen LogP contribution in [0.5, 0.6) is 0 Å². The maximum atomic E-state index is 6.66. The summed E-state index contributed by atoms with van der Waals surface area (Å²) < 4.78 is 0. The van der Waals surface area contributed by atoms with Crippen molar-refractivity contribution in [2.75, 3.05) is 24.5 Å². The van der Waals surface area contributed by atoms with Gasteiger partial charge in [-0.15, -0.1) is 0 Å². The number of fused-ring (bicyclic) bond motifs is 1. The zero-order chi connectivity index (χ0) is 18.9. The van der Waals surface area contributed by atoms with E-state index in [-0.39, 0.29) is 5.54 Å². The van der Waals surface area contributed by atoms with Crippen LogP contribution in [0.1, 0.15) is 24.0 Å². The Bertz CT molecular complexity index is 912. The van der Waals surface area contributed by atoms with E-state index < -0.39 is 0 Å². The van der Waals surface area contributed by atoms with Gasteiger partial charge in [-0.2, -0.15) is 0 Å². The molecule has 4 N–H and O–H groups in total. The average Bonchev–Trinajstić information content (AvgIpc) is 3.05. The number of hydrogen-bond acceptors (Lipinski definition) is 5. The maximum absolute atomic E-state index is 6.66. The molecule has 1 fully saturated rings. The lowest BCUT2D eigenvalue weighted by atomic mass is 9.88. The van der Waals surface area contributed by atoms with Crippen molar-refractivity contribution in [1.82, 2.24) is 20.3 Å². The molecule has 0 unspecified atom stereocenters. The van der Waals surface area contributed by atoms with Gasteiger partial charge in [0.05, 0.1) is 5.39 Å². The predicted octanol–water partition coefficient (Wildman–Crippen LogP) is 3.01. The van der Waals surface area contributed by atoms with Crippen molar-refractivity contribution in [3.8, 4) is 0 Å². The number of nitrogens with one attached hydrogen (secondary N) is 2. The number of halogens is 1. The van der Waals surface area contributed by atoms with E-state index in [4.69, 9.17) is 17.3 Å². The van der Waals surface area contributed by atoms with Crippen LogP contribution in [-0.2, 0) is 6.54 Å². The molecule has 0 radical (unpaired) electrons. The topological polar surface area (TPSA) is 82.9 Å². The van der Waals surface area contributed by atoms with Gasteiger partial charge < -0.3 is 20.9 Å². The number of rotatable bonds is 5. The van der Waals surface area contributed by atoms with Crippen molar-refractivity contribution in [1.29, 1.82) is 0 Å². The first-order valence-electron chi connectivity index (χ1n) is 9.32. The molecule has 4 rings (SSSR count). The number of aryl methyl sites for hydroxylation is 1. The molecular weight excluding hydrogens is 360 g/mol. The van der Waals surface area contributed by atoms with Gasteiger partial charge in [0.25, 0.3) is 0 Å². The minimum Gasteiger partial charge on any atom is -0.356 e. The number of piperidine rings is 1. The number of benzene rings is 1. The van der Waals surface area contributed by atoms with Crippen LogP contribution in [0.4, 0.5) is 5.82 Å². The Balaban J connectivity index is 1.36. The lowest BCUT2D eigenvalue weighted by molar-refractivity contribution is 0.316. The highest BCUT2D eigenvalue weighted by atomic mass is 35.5. The standard InChI is InChI=1S/C20H25ClN6/c1-14-10-24-18-17(14)19(26-13-25-18)27-8-6-20(22,7-9-27)12-23-11-15-2-4-16(21)5-3-15/h2-5,10,13,23H,6-9,11-12,22H2,1H3,(H,24,25,26). The molecule has 142 valence electrons. The number of aromatic nitrogens is 3. The fourth-order valence-electron chi connectivity index (χ4n) is 3.74. The van der Waals surface area contributed by atoms with E-state index in [1.165, 1.54) is 11.1 Å². The third-order valence-electron chi connectivity index (χ3n) is 5.43. The number of H-pyrrole nitrogens is 1. The third-order valence-corrected chi connectivity index (χ3v) is 5.68. The summed E-state index contributed by atoms with van der Waals surface area (Å²) in [6.07, 6.45) is 5.47. The Morgan fingerprint density at radius 1 is 1.22 bits per heavy atom. The molecule has 27 heavy (non-hydrogen) atoms. The van der Waals surface area contributed by atoms with E-state index in [0.717, 1.165) is 60.9 Å². The molecule has 0 aliphatic carbocycles. The number of hydrogen-bond donors (Lipinski definition) is 3. The zero-order valence-electron chi connectivity index (χ0n) is 15.5. The van der Waals surface area contributed by atoms with E-state index in [2.05, 4.69) is 32.1 Å². The fraction of sp³-hybridized carbons (Fsp3) is 0.400. The van der Waals surface area contributed by atoms with Crippen LogP contribution in [0.25, 0.3) is 11.0 Å². The number of aromatic amines is 1. The monoisotopic (exact) mass is 384 g/mol. The average molecular weight is 385 g/mol. The van der Waals surface area contributed by atoms with Gasteiger partial charge >= 0.3 is 0 Å². The van der Waals surface area contributed by atoms with Crippen molar-refractivity contribution in [2.45, 2.75) is 31.8 Å². The van der Waals surface area contributed by atoms with Gasteiger partial charge in [-0.3, -0.25) is 0 Å². The lowest BCUT2D eigenvalue weighted by Gasteiger charge is -2.40. The largest absolute Gasteiger partial charge is 0.356 e. The molecule has 0 atom stereocenters. The van der Waals surface area contributed by atoms with Crippen molar-refractivity contribution in [3.63, 3.8) is 0 Å². The zero-order valence-corrected chi connectivity index (χ0v) is 16.3. The normalized spacial score (nSPS) is 16.8. The molecule has 0 amide bonds. The SMILES string of the molecule is Cc1c[nH]c2ncnc(N3CCC(N)(CNCc4ccc(Cl)cc4)CC3)c12. The van der Waals surface area contributed by atoms with Gasteiger partial charge in [0.1, 0.15) is 17.8 Å². The molecule has 3 heterocycles.